The number of carbonyl (C=O) groups excluding carboxylic acids is 1. The van der Waals surface area contributed by atoms with Crippen LogP contribution >= 0.6 is 11.6 Å². The fraction of sp³-hybridized carbons (Fsp3) is 0.278. The Balaban J connectivity index is 1.68. The van der Waals surface area contributed by atoms with Gasteiger partial charge in [0, 0.05) is 23.2 Å². The minimum absolute atomic E-state index is 0.168. The summed E-state index contributed by atoms with van der Waals surface area (Å²) in [4.78, 5) is 14.1. The van der Waals surface area contributed by atoms with Gasteiger partial charge in [0.1, 0.15) is 5.82 Å². The second kappa shape index (κ2) is 7.01. The van der Waals surface area contributed by atoms with Gasteiger partial charge in [-0.05, 0) is 30.5 Å². The number of nitrogens with one attached hydrogen (secondary N) is 1. The van der Waals surface area contributed by atoms with Crippen LogP contribution in [0.5, 0.6) is 0 Å². The van der Waals surface area contributed by atoms with Crippen molar-refractivity contribution in [3.63, 3.8) is 0 Å². The first-order chi connectivity index (χ1) is 11.1. The zero-order valence-corrected chi connectivity index (χ0v) is 13.4. The van der Waals surface area contributed by atoms with Gasteiger partial charge in [0.25, 0.3) is 0 Å². The van der Waals surface area contributed by atoms with Crippen LogP contribution in [0.1, 0.15) is 24.0 Å². The molecule has 1 fully saturated rings. The lowest BCUT2D eigenvalue weighted by Gasteiger charge is -2.23. The third-order valence-corrected chi connectivity index (χ3v) is 4.28. The van der Waals surface area contributed by atoms with E-state index in [1.54, 1.807) is 17.0 Å². The molecule has 0 saturated heterocycles. The van der Waals surface area contributed by atoms with E-state index in [0.717, 1.165) is 18.4 Å². The van der Waals surface area contributed by atoms with Gasteiger partial charge < -0.3 is 10.2 Å². The Morgan fingerprint density at radius 3 is 2.57 bits per heavy atom. The second-order valence-corrected chi connectivity index (χ2v) is 6.11. The van der Waals surface area contributed by atoms with Crippen LogP contribution in [0.15, 0.2) is 48.5 Å². The second-order valence-electron chi connectivity index (χ2n) is 5.70. The molecule has 23 heavy (non-hydrogen) atoms. The van der Waals surface area contributed by atoms with Crippen LogP contribution in [0.4, 0.5) is 9.18 Å². The largest absolute Gasteiger partial charge is 0.334 e. The number of hydrogen-bond donors (Lipinski definition) is 1. The summed E-state index contributed by atoms with van der Waals surface area (Å²) < 4.78 is 14.0. The van der Waals surface area contributed by atoms with Crippen LogP contribution in [0.3, 0.4) is 0 Å². The van der Waals surface area contributed by atoms with E-state index in [4.69, 9.17) is 11.6 Å². The summed E-state index contributed by atoms with van der Waals surface area (Å²) in [6, 6.07) is 14.3. The number of rotatable bonds is 5. The van der Waals surface area contributed by atoms with Crippen molar-refractivity contribution < 1.29 is 9.18 Å². The monoisotopic (exact) mass is 332 g/mol. The van der Waals surface area contributed by atoms with E-state index < -0.39 is 0 Å². The van der Waals surface area contributed by atoms with E-state index >= 15 is 0 Å². The molecule has 0 bridgehead atoms. The lowest BCUT2D eigenvalue weighted by atomic mass is 10.2. The van der Waals surface area contributed by atoms with Crippen molar-refractivity contribution in [2.24, 2.45) is 0 Å². The Hall–Kier alpha value is -2.07. The number of nitrogens with zero attached hydrogens (tertiary/aromatic N) is 1. The summed E-state index contributed by atoms with van der Waals surface area (Å²) >= 11 is 6.08. The van der Waals surface area contributed by atoms with E-state index in [1.807, 2.05) is 30.3 Å². The third kappa shape index (κ3) is 4.02. The minimum atomic E-state index is -0.376. The van der Waals surface area contributed by atoms with Gasteiger partial charge in [0.15, 0.2) is 0 Å². The Kier molecular flexibility index (Phi) is 4.82. The standard InChI is InChI=1S/C18H18ClFN2O/c19-16-7-4-8-17(20)15(16)12-22(14-9-10-14)18(23)21-11-13-5-2-1-3-6-13/h1-8,14H,9-12H2,(H,21,23). The fourth-order valence-electron chi connectivity index (χ4n) is 2.48. The van der Waals surface area contributed by atoms with Crippen LogP contribution in [-0.4, -0.2) is 17.0 Å². The SMILES string of the molecule is O=C(NCc1ccccc1)N(Cc1c(F)cccc1Cl)C1CC1. The van der Waals surface area contributed by atoms with Gasteiger partial charge in [-0.15, -0.1) is 0 Å². The minimum Gasteiger partial charge on any atom is -0.334 e. The van der Waals surface area contributed by atoms with E-state index in [1.165, 1.54) is 6.07 Å². The Morgan fingerprint density at radius 2 is 1.91 bits per heavy atom. The van der Waals surface area contributed by atoms with E-state index in [2.05, 4.69) is 5.32 Å². The molecule has 2 amide bonds. The summed E-state index contributed by atoms with van der Waals surface area (Å²) in [6.07, 6.45) is 1.90. The summed E-state index contributed by atoms with van der Waals surface area (Å²) in [5, 5.41) is 3.25. The maximum Gasteiger partial charge on any atom is 0.318 e. The van der Waals surface area contributed by atoms with Gasteiger partial charge in [0.2, 0.25) is 0 Å². The van der Waals surface area contributed by atoms with Gasteiger partial charge >= 0.3 is 6.03 Å². The molecule has 5 heteroatoms. The molecule has 0 aliphatic heterocycles. The predicted molar refractivity (Wildman–Crippen MR) is 88.7 cm³/mol. The topological polar surface area (TPSA) is 32.3 Å². The van der Waals surface area contributed by atoms with E-state index in [-0.39, 0.29) is 24.4 Å². The number of hydrogen-bond acceptors (Lipinski definition) is 1. The van der Waals surface area contributed by atoms with E-state index in [0.29, 0.717) is 17.1 Å². The maximum absolute atomic E-state index is 14.0. The molecule has 0 radical (unpaired) electrons. The van der Waals surface area contributed by atoms with Crippen LogP contribution in [0.25, 0.3) is 0 Å². The molecule has 3 rings (SSSR count). The molecule has 1 aliphatic rings. The molecular weight excluding hydrogens is 315 g/mol. The number of halogens is 2. The quantitative estimate of drug-likeness (QED) is 0.867. The highest BCUT2D eigenvalue weighted by molar-refractivity contribution is 6.31. The smallest absolute Gasteiger partial charge is 0.318 e. The van der Waals surface area contributed by atoms with Crippen molar-refractivity contribution in [3.8, 4) is 0 Å². The molecule has 0 spiro atoms. The Bertz CT molecular complexity index is 668. The molecule has 0 atom stereocenters. The molecule has 1 saturated carbocycles. The van der Waals surface area contributed by atoms with E-state index in [9.17, 15) is 9.18 Å². The van der Waals surface area contributed by atoms with Crippen LogP contribution in [-0.2, 0) is 13.1 Å². The average Bonchev–Trinajstić information content (AvgIpc) is 3.38. The molecule has 120 valence electrons. The van der Waals surface area contributed by atoms with Gasteiger partial charge in [-0.2, -0.15) is 0 Å². The van der Waals surface area contributed by atoms with Gasteiger partial charge in [-0.1, -0.05) is 48.0 Å². The Labute approximate surface area is 140 Å². The van der Waals surface area contributed by atoms with Crippen molar-refractivity contribution in [1.29, 1.82) is 0 Å². The number of carbonyl (C=O) groups is 1. The van der Waals surface area contributed by atoms with Crippen LogP contribution in [0, 0.1) is 5.82 Å². The highest BCUT2D eigenvalue weighted by Gasteiger charge is 2.33. The zero-order chi connectivity index (χ0) is 16.2. The maximum atomic E-state index is 14.0. The van der Waals surface area contributed by atoms with Crippen molar-refractivity contribution in [1.82, 2.24) is 10.2 Å². The first-order valence-corrected chi connectivity index (χ1v) is 8.04. The van der Waals surface area contributed by atoms with Crippen molar-refractivity contribution in [2.75, 3.05) is 0 Å². The lowest BCUT2D eigenvalue weighted by Crippen LogP contribution is -2.40. The fourth-order valence-corrected chi connectivity index (χ4v) is 2.70. The summed E-state index contributed by atoms with van der Waals surface area (Å²) in [7, 11) is 0. The van der Waals surface area contributed by atoms with Crippen molar-refractivity contribution in [2.45, 2.75) is 32.0 Å². The molecule has 0 heterocycles. The summed E-state index contributed by atoms with van der Waals surface area (Å²) in [5.74, 6) is -0.376. The first-order valence-electron chi connectivity index (χ1n) is 7.66. The predicted octanol–water partition coefficient (Wildman–Crippen LogP) is 4.35. The van der Waals surface area contributed by atoms with Crippen LogP contribution in [0.2, 0.25) is 5.02 Å². The molecule has 2 aromatic carbocycles. The average molecular weight is 333 g/mol. The van der Waals surface area contributed by atoms with Gasteiger partial charge in [0.05, 0.1) is 6.54 Å². The highest BCUT2D eigenvalue weighted by atomic mass is 35.5. The normalized spacial score (nSPS) is 13.7. The van der Waals surface area contributed by atoms with Crippen LogP contribution < -0.4 is 5.32 Å². The van der Waals surface area contributed by atoms with Gasteiger partial charge in [-0.25, -0.2) is 9.18 Å². The Morgan fingerprint density at radius 1 is 1.17 bits per heavy atom. The number of amides is 2. The molecular formula is C18H18ClFN2O. The molecule has 0 aromatic heterocycles. The molecule has 1 aliphatic carbocycles. The molecule has 1 N–H and O–H groups in total. The molecule has 3 nitrogen and oxygen atoms in total. The zero-order valence-electron chi connectivity index (χ0n) is 12.6. The third-order valence-electron chi connectivity index (χ3n) is 3.93. The molecule has 0 unspecified atom stereocenters. The summed E-state index contributed by atoms with van der Waals surface area (Å²) in [6.45, 7) is 0.644. The highest BCUT2D eigenvalue weighted by Crippen LogP contribution is 2.30. The first kappa shape index (κ1) is 15.8. The lowest BCUT2D eigenvalue weighted by molar-refractivity contribution is 0.191. The molecule has 2 aromatic rings. The summed E-state index contributed by atoms with van der Waals surface area (Å²) in [5.41, 5.74) is 1.40. The van der Waals surface area contributed by atoms with Crippen molar-refractivity contribution >= 4 is 17.6 Å². The number of benzene rings is 2. The number of urea groups is 1. The van der Waals surface area contributed by atoms with Crippen molar-refractivity contribution in [3.05, 3.63) is 70.5 Å². The van der Waals surface area contributed by atoms with Gasteiger partial charge in [-0.3, -0.25) is 0 Å².